The van der Waals surface area contributed by atoms with Crippen molar-refractivity contribution >= 4 is 17.4 Å². The second-order valence-corrected chi connectivity index (χ2v) is 8.10. The summed E-state index contributed by atoms with van der Waals surface area (Å²) in [6, 6.07) is 13.6. The van der Waals surface area contributed by atoms with E-state index >= 15 is 0 Å². The number of ketones is 1. The van der Waals surface area contributed by atoms with E-state index in [1.807, 2.05) is 24.3 Å². The summed E-state index contributed by atoms with van der Waals surface area (Å²) in [6.07, 6.45) is 0.828. The second-order valence-electron chi connectivity index (χ2n) is 8.10. The fourth-order valence-electron chi connectivity index (χ4n) is 4.76. The molecule has 0 amide bonds. The number of methoxy groups -OCH3 is 2. The van der Waals surface area contributed by atoms with Crippen LogP contribution >= 0.6 is 0 Å². The molecule has 33 heavy (non-hydrogen) atoms. The lowest BCUT2D eigenvalue weighted by molar-refractivity contribution is -0.384. The summed E-state index contributed by atoms with van der Waals surface area (Å²) < 4.78 is 10.5. The van der Waals surface area contributed by atoms with Crippen molar-refractivity contribution in [3.63, 3.8) is 0 Å². The zero-order valence-corrected chi connectivity index (χ0v) is 18.6. The van der Waals surface area contributed by atoms with Gasteiger partial charge in [0.2, 0.25) is 0 Å². The van der Waals surface area contributed by atoms with Gasteiger partial charge in [0.1, 0.15) is 5.75 Å². The van der Waals surface area contributed by atoms with Crippen molar-refractivity contribution in [2.24, 2.45) is 0 Å². The van der Waals surface area contributed by atoms with Gasteiger partial charge in [-0.2, -0.15) is 0 Å². The number of carbonyl (C=O) groups excluding carboxylic acids is 2. The van der Waals surface area contributed by atoms with Crippen LogP contribution in [0.5, 0.6) is 5.75 Å². The first-order valence-electron chi connectivity index (χ1n) is 10.5. The Hall–Kier alpha value is -3.94. The summed E-state index contributed by atoms with van der Waals surface area (Å²) in [7, 11) is 2.90. The SMILES string of the molecule is COC(=O)C1=C(C)NC2=C(C(=O)C[C@@H](c3ccccc3OC)C2)[C@@H]1c1ccc([N+](=O)[O-])cc1. The Kier molecular flexibility index (Phi) is 6.00. The van der Waals surface area contributed by atoms with E-state index in [0.717, 1.165) is 17.0 Å². The smallest absolute Gasteiger partial charge is 0.336 e. The van der Waals surface area contributed by atoms with Gasteiger partial charge in [0, 0.05) is 47.4 Å². The van der Waals surface area contributed by atoms with Crippen LogP contribution in [0.1, 0.15) is 42.7 Å². The fraction of sp³-hybridized carbons (Fsp3) is 0.280. The molecule has 0 saturated carbocycles. The van der Waals surface area contributed by atoms with Crippen LogP contribution < -0.4 is 10.1 Å². The first kappa shape index (κ1) is 22.3. The van der Waals surface area contributed by atoms with Crippen molar-refractivity contribution in [1.82, 2.24) is 5.32 Å². The number of para-hydroxylation sites is 1. The molecule has 1 aliphatic heterocycles. The number of Topliss-reactive ketones (excluding diaryl/α,β-unsaturated/α-hetero) is 1. The van der Waals surface area contributed by atoms with E-state index in [1.165, 1.54) is 19.2 Å². The summed E-state index contributed by atoms with van der Waals surface area (Å²) in [4.78, 5) is 36.8. The number of non-ortho nitro benzene ring substituents is 1. The number of nitrogens with one attached hydrogen (secondary N) is 1. The molecule has 0 spiro atoms. The summed E-state index contributed by atoms with van der Waals surface area (Å²) in [6.45, 7) is 1.77. The summed E-state index contributed by atoms with van der Waals surface area (Å²) in [5.74, 6) is -0.651. The molecule has 2 aromatic carbocycles. The van der Waals surface area contributed by atoms with E-state index in [-0.39, 0.29) is 23.8 Å². The van der Waals surface area contributed by atoms with Gasteiger partial charge in [-0.05, 0) is 30.5 Å². The van der Waals surface area contributed by atoms with Gasteiger partial charge in [-0.3, -0.25) is 14.9 Å². The van der Waals surface area contributed by atoms with Gasteiger partial charge in [-0.1, -0.05) is 30.3 Å². The number of carbonyl (C=O) groups is 2. The van der Waals surface area contributed by atoms with Gasteiger partial charge in [-0.15, -0.1) is 0 Å². The monoisotopic (exact) mass is 448 g/mol. The predicted octanol–water partition coefficient (Wildman–Crippen LogP) is 4.14. The Morgan fingerprint density at radius 2 is 1.79 bits per heavy atom. The lowest BCUT2D eigenvalue weighted by atomic mass is 9.71. The van der Waals surface area contributed by atoms with E-state index in [2.05, 4.69) is 5.32 Å². The molecule has 2 aliphatic rings. The molecule has 8 heteroatoms. The third kappa shape index (κ3) is 4.00. The zero-order valence-electron chi connectivity index (χ0n) is 18.6. The van der Waals surface area contributed by atoms with Crippen molar-refractivity contribution in [2.45, 2.75) is 31.6 Å². The Morgan fingerprint density at radius 3 is 2.42 bits per heavy atom. The number of hydrogen-bond acceptors (Lipinski definition) is 7. The average molecular weight is 448 g/mol. The molecule has 8 nitrogen and oxygen atoms in total. The molecule has 1 aliphatic carbocycles. The van der Waals surface area contributed by atoms with Crippen LogP contribution in [-0.2, 0) is 14.3 Å². The maximum atomic E-state index is 13.5. The molecule has 0 bridgehead atoms. The molecular formula is C25H24N2O6. The largest absolute Gasteiger partial charge is 0.496 e. The summed E-state index contributed by atoms with van der Waals surface area (Å²) in [5, 5.41) is 14.4. The van der Waals surface area contributed by atoms with Crippen molar-refractivity contribution in [3.05, 3.63) is 92.3 Å². The number of esters is 1. The average Bonchev–Trinajstić information content (AvgIpc) is 2.82. The number of dihydropyridines is 1. The first-order chi connectivity index (χ1) is 15.8. The quantitative estimate of drug-likeness (QED) is 0.416. The normalized spacial score (nSPS) is 20.2. The maximum Gasteiger partial charge on any atom is 0.336 e. The van der Waals surface area contributed by atoms with Gasteiger partial charge in [0.25, 0.3) is 5.69 Å². The molecule has 0 aromatic heterocycles. The highest BCUT2D eigenvalue weighted by atomic mass is 16.6. The molecule has 0 radical (unpaired) electrons. The molecule has 4 rings (SSSR count). The van der Waals surface area contributed by atoms with Crippen molar-refractivity contribution in [1.29, 1.82) is 0 Å². The van der Waals surface area contributed by atoms with Crippen molar-refractivity contribution in [3.8, 4) is 5.75 Å². The van der Waals surface area contributed by atoms with Crippen LogP contribution in [0.3, 0.4) is 0 Å². The first-order valence-corrected chi connectivity index (χ1v) is 10.5. The predicted molar refractivity (Wildman–Crippen MR) is 121 cm³/mol. The fourth-order valence-corrected chi connectivity index (χ4v) is 4.76. The number of ether oxygens (including phenoxy) is 2. The molecule has 2 atom stereocenters. The summed E-state index contributed by atoms with van der Waals surface area (Å²) >= 11 is 0. The Labute approximate surface area is 191 Å². The van der Waals surface area contributed by atoms with E-state index in [9.17, 15) is 19.7 Å². The van der Waals surface area contributed by atoms with Gasteiger partial charge in [0.15, 0.2) is 5.78 Å². The molecule has 2 aromatic rings. The molecule has 1 N–H and O–H groups in total. The minimum atomic E-state index is -0.666. The third-order valence-corrected chi connectivity index (χ3v) is 6.25. The summed E-state index contributed by atoms with van der Waals surface area (Å²) in [5.41, 5.74) is 3.68. The maximum absolute atomic E-state index is 13.5. The van der Waals surface area contributed by atoms with E-state index in [1.54, 1.807) is 26.2 Å². The lowest BCUT2D eigenvalue weighted by Crippen LogP contribution is -2.36. The van der Waals surface area contributed by atoms with E-state index in [4.69, 9.17) is 9.47 Å². The Bertz CT molecular complexity index is 1200. The number of rotatable bonds is 5. The van der Waals surface area contributed by atoms with Crippen LogP contribution in [0.4, 0.5) is 5.69 Å². The van der Waals surface area contributed by atoms with E-state index < -0.39 is 16.8 Å². The minimum absolute atomic E-state index is 0.0617. The van der Waals surface area contributed by atoms with Crippen LogP contribution in [0, 0.1) is 10.1 Å². The molecule has 170 valence electrons. The highest BCUT2D eigenvalue weighted by Crippen LogP contribution is 2.47. The Balaban J connectivity index is 1.81. The molecule has 0 fully saturated rings. The van der Waals surface area contributed by atoms with Crippen molar-refractivity contribution in [2.75, 3.05) is 14.2 Å². The molecule has 0 unspecified atom stereocenters. The van der Waals surface area contributed by atoms with E-state index in [0.29, 0.717) is 28.8 Å². The number of benzene rings is 2. The number of nitro groups is 1. The van der Waals surface area contributed by atoms with Crippen molar-refractivity contribution < 1.29 is 24.0 Å². The number of allylic oxidation sites excluding steroid dienone is 3. The van der Waals surface area contributed by atoms with Gasteiger partial charge in [0.05, 0.1) is 24.7 Å². The minimum Gasteiger partial charge on any atom is -0.496 e. The van der Waals surface area contributed by atoms with Gasteiger partial charge < -0.3 is 14.8 Å². The Morgan fingerprint density at radius 1 is 1.09 bits per heavy atom. The zero-order chi connectivity index (χ0) is 23.7. The van der Waals surface area contributed by atoms with Crippen LogP contribution in [0.2, 0.25) is 0 Å². The van der Waals surface area contributed by atoms with Gasteiger partial charge >= 0.3 is 5.97 Å². The van der Waals surface area contributed by atoms with Crippen LogP contribution in [0.25, 0.3) is 0 Å². The van der Waals surface area contributed by atoms with Crippen LogP contribution in [0.15, 0.2) is 71.1 Å². The topological polar surface area (TPSA) is 108 Å². The van der Waals surface area contributed by atoms with Gasteiger partial charge in [-0.25, -0.2) is 4.79 Å². The third-order valence-electron chi connectivity index (χ3n) is 6.25. The molecule has 0 saturated heterocycles. The number of nitro benzene ring substituents is 1. The van der Waals surface area contributed by atoms with Crippen LogP contribution in [-0.4, -0.2) is 30.9 Å². The highest BCUT2D eigenvalue weighted by Gasteiger charge is 2.41. The standard InChI is InChI=1S/C25H24N2O6/c1-14-22(25(29)33-3)23(15-8-10-17(11-9-15)27(30)31)24-19(26-14)12-16(13-20(24)28)18-6-4-5-7-21(18)32-2/h4-11,16,23,26H,12-13H2,1-3H3/t16-,23+/m0/s1. The molecular weight excluding hydrogens is 424 g/mol. The second kappa shape index (κ2) is 8.90. The number of hydrogen-bond donors (Lipinski definition) is 1. The highest BCUT2D eigenvalue weighted by molar-refractivity contribution is 6.04. The molecule has 1 heterocycles. The number of nitrogens with zero attached hydrogens (tertiary/aromatic N) is 1. The lowest BCUT2D eigenvalue weighted by Gasteiger charge is -2.36.